The second-order valence-electron chi connectivity index (χ2n) is 7.36. The number of piperazine rings is 1. The Morgan fingerprint density at radius 1 is 0.900 bits per heavy atom. The molecule has 1 saturated heterocycles. The first kappa shape index (κ1) is 20.0. The molecule has 0 unspecified atom stereocenters. The van der Waals surface area contributed by atoms with Gasteiger partial charge in [0.25, 0.3) is 5.56 Å². The van der Waals surface area contributed by atoms with Gasteiger partial charge in [-0.05, 0) is 35.9 Å². The molecule has 1 amide bonds. The van der Waals surface area contributed by atoms with E-state index in [1.165, 1.54) is 28.4 Å². The Labute approximate surface area is 174 Å². The fraction of sp³-hybridized carbons (Fsp3) is 0.261. The number of hydrogen-bond acceptors (Lipinski definition) is 4. The van der Waals surface area contributed by atoms with Gasteiger partial charge in [0.1, 0.15) is 12.4 Å². The normalized spacial score (nSPS) is 14.6. The standard InChI is InChI=1S/C23H23FN4O2/c24-20-8-6-19(7-9-20)21-10-11-22(29)28(25-21)17-23(30)27-14-12-26(13-15-27)16-18-4-2-1-3-5-18/h1-11H,12-17H2. The van der Waals surface area contributed by atoms with E-state index in [1.54, 1.807) is 23.1 Å². The van der Waals surface area contributed by atoms with Gasteiger partial charge in [0.05, 0.1) is 5.69 Å². The third-order valence-corrected chi connectivity index (χ3v) is 5.27. The van der Waals surface area contributed by atoms with E-state index < -0.39 is 0 Å². The number of carbonyl (C=O) groups is 1. The highest BCUT2D eigenvalue weighted by Crippen LogP contribution is 2.16. The van der Waals surface area contributed by atoms with Gasteiger partial charge in [0.2, 0.25) is 5.91 Å². The molecule has 30 heavy (non-hydrogen) atoms. The van der Waals surface area contributed by atoms with E-state index in [-0.39, 0.29) is 23.8 Å². The first-order valence-electron chi connectivity index (χ1n) is 9.97. The van der Waals surface area contributed by atoms with Crippen LogP contribution < -0.4 is 5.56 Å². The molecule has 4 rings (SSSR count). The van der Waals surface area contributed by atoms with Crippen LogP contribution in [0.3, 0.4) is 0 Å². The van der Waals surface area contributed by atoms with Gasteiger partial charge in [0.15, 0.2) is 0 Å². The molecular formula is C23H23FN4O2. The van der Waals surface area contributed by atoms with Crippen molar-refractivity contribution in [2.45, 2.75) is 13.1 Å². The number of hydrogen-bond donors (Lipinski definition) is 0. The van der Waals surface area contributed by atoms with E-state index in [9.17, 15) is 14.0 Å². The Morgan fingerprint density at radius 3 is 2.30 bits per heavy atom. The van der Waals surface area contributed by atoms with Gasteiger partial charge in [-0.3, -0.25) is 14.5 Å². The van der Waals surface area contributed by atoms with Crippen molar-refractivity contribution in [3.8, 4) is 11.3 Å². The minimum atomic E-state index is -0.339. The Hall–Kier alpha value is -3.32. The van der Waals surface area contributed by atoms with E-state index in [0.717, 1.165) is 19.6 Å². The van der Waals surface area contributed by atoms with Gasteiger partial charge in [-0.15, -0.1) is 0 Å². The van der Waals surface area contributed by atoms with Crippen molar-refractivity contribution >= 4 is 5.91 Å². The average Bonchev–Trinajstić information content (AvgIpc) is 2.77. The molecule has 0 saturated carbocycles. The molecule has 6 nitrogen and oxygen atoms in total. The molecule has 1 aliphatic rings. The summed E-state index contributed by atoms with van der Waals surface area (Å²) in [4.78, 5) is 29.0. The SMILES string of the molecule is O=C(Cn1nc(-c2ccc(F)cc2)ccc1=O)N1CCN(Cc2ccccc2)CC1. The molecule has 1 fully saturated rings. The molecule has 0 N–H and O–H groups in total. The number of rotatable bonds is 5. The minimum absolute atomic E-state index is 0.105. The smallest absolute Gasteiger partial charge is 0.267 e. The predicted octanol–water partition coefficient (Wildman–Crippen LogP) is 2.39. The lowest BCUT2D eigenvalue weighted by molar-refractivity contribution is -0.133. The molecule has 1 aliphatic heterocycles. The van der Waals surface area contributed by atoms with Crippen LogP contribution in [0, 0.1) is 5.82 Å². The van der Waals surface area contributed by atoms with Gasteiger partial charge < -0.3 is 4.90 Å². The number of carbonyl (C=O) groups excluding carboxylic acids is 1. The van der Waals surface area contributed by atoms with Gasteiger partial charge >= 0.3 is 0 Å². The molecule has 2 heterocycles. The molecule has 0 aliphatic carbocycles. The van der Waals surface area contributed by atoms with Crippen LogP contribution in [0.1, 0.15) is 5.56 Å². The van der Waals surface area contributed by atoms with Crippen LogP contribution in [0.5, 0.6) is 0 Å². The van der Waals surface area contributed by atoms with Crippen molar-refractivity contribution < 1.29 is 9.18 Å². The van der Waals surface area contributed by atoms with Crippen molar-refractivity contribution in [2.75, 3.05) is 26.2 Å². The highest BCUT2D eigenvalue weighted by molar-refractivity contribution is 5.76. The zero-order valence-corrected chi connectivity index (χ0v) is 16.6. The second kappa shape index (κ2) is 9.00. The summed E-state index contributed by atoms with van der Waals surface area (Å²) in [5, 5.41) is 4.30. The van der Waals surface area contributed by atoms with Crippen LogP contribution in [-0.4, -0.2) is 51.7 Å². The maximum atomic E-state index is 13.1. The molecule has 0 bridgehead atoms. The van der Waals surface area contributed by atoms with E-state index >= 15 is 0 Å². The summed E-state index contributed by atoms with van der Waals surface area (Å²) in [5.74, 6) is -0.464. The zero-order valence-electron chi connectivity index (χ0n) is 16.6. The number of aromatic nitrogens is 2. The van der Waals surface area contributed by atoms with Crippen molar-refractivity contribution in [3.63, 3.8) is 0 Å². The first-order chi connectivity index (χ1) is 14.6. The zero-order chi connectivity index (χ0) is 20.9. The highest BCUT2D eigenvalue weighted by Gasteiger charge is 2.22. The molecule has 7 heteroatoms. The first-order valence-corrected chi connectivity index (χ1v) is 9.97. The fourth-order valence-corrected chi connectivity index (χ4v) is 3.56. The van der Waals surface area contributed by atoms with Crippen LogP contribution in [0.2, 0.25) is 0 Å². The number of benzene rings is 2. The summed E-state index contributed by atoms with van der Waals surface area (Å²) >= 11 is 0. The topological polar surface area (TPSA) is 58.4 Å². The average molecular weight is 406 g/mol. The van der Waals surface area contributed by atoms with Gasteiger partial charge in [-0.1, -0.05) is 30.3 Å². The van der Waals surface area contributed by atoms with Crippen LogP contribution in [0.4, 0.5) is 4.39 Å². The van der Waals surface area contributed by atoms with Gasteiger partial charge in [0, 0.05) is 44.4 Å². The minimum Gasteiger partial charge on any atom is -0.339 e. The third-order valence-electron chi connectivity index (χ3n) is 5.27. The van der Waals surface area contributed by atoms with Crippen molar-refractivity contribution in [1.29, 1.82) is 0 Å². The number of amides is 1. The van der Waals surface area contributed by atoms with E-state index in [2.05, 4.69) is 22.1 Å². The van der Waals surface area contributed by atoms with Crippen molar-refractivity contribution in [2.24, 2.45) is 0 Å². The van der Waals surface area contributed by atoms with Gasteiger partial charge in [-0.2, -0.15) is 5.10 Å². The number of halogens is 1. The predicted molar refractivity (Wildman–Crippen MR) is 112 cm³/mol. The molecule has 2 aromatic carbocycles. The summed E-state index contributed by atoms with van der Waals surface area (Å²) in [6, 6.07) is 19.1. The molecule has 154 valence electrons. The maximum absolute atomic E-state index is 13.1. The van der Waals surface area contributed by atoms with E-state index in [1.807, 2.05) is 18.2 Å². The summed E-state index contributed by atoms with van der Waals surface area (Å²) in [6.45, 7) is 3.59. The highest BCUT2D eigenvalue weighted by atomic mass is 19.1. The molecular weight excluding hydrogens is 383 g/mol. The van der Waals surface area contributed by atoms with Crippen LogP contribution in [0.25, 0.3) is 11.3 Å². The Bertz CT molecular complexity index is 1060. The monoisotopic (exact) mass is 406 g/mol. The van der Waals surface area contributed by atoms with E-state index in [4.69, 9.17) is 0 Å². The Balaban J connectivity index is 1.38. The second-order valence-corrected chi connectivity index (χ2v) is 7.36. The molecule has 0 radical (unpaired) electrons. The summed E-state index contributed by atoms with van der Waals surface area (Å²) in [7, 11) is 0. The quantitative estimate of drug-likeness (QED) is 0.653. The van der Waals surface area contributed by atoms with Crippen LogP contribution in [-0.2, 0) is 17.9 Å². The van der Waals surface area contributed by atoms with Crippen molar-refractivity contribution in [3.05, 3.63) is 88.5 Å². The van der Waals surface area contributed by atoms with Crippen LogP contribution >= 0.6 is 0 Å². The van der Waals surface area contributed by atoms with E-state index in [0.29, 0.717) is 24.3 Å². The van der Waals surface area contributed by atoms with Crippen molar-refractivity contribution in [1.82, 2.24) is 19.6 Å². The molecule has 0 spiro atoms. The third kappa shape index (κ3) is 4.80. The molecule has 3 aromatic rings. The Kier molecular flexibility index (Phi) is 5.99. The maximum Gasteiger partial charge on any atom is 0.267 e. The summed E-state index contributed by atoms with van der Waals surface area (Å²) in [6.07, 6.45) is 0. The Morgan fingerprint density at radius 2 is 1.60 bits per heavy atom. The van der Waals surface area contributed by atoms with Gasteiger partial charge in [-0.25, -0.2) is 9.07 Å². The molecule has 1 aromatic heterocycles. The lowest BCUT2D eigenvalue weighted by Crippen LogP contribution is -2.49. The van der Waals surface area contributed by atoms with Crippen LogP contribution in [0.15, 0.2) is 71.5 Å². The lowest BCUT2D eigenvalue weighted by Gasteiger charge is -2.34. The number of nitrogens with zero attached hydrogens (tertiary/aromatic N) is 4. The summed E-state index contributed by atoms with van der Waals surface area (Å²) in [5.41, 5.74) is 2.13. The molecule has 0 atom stereocenters. The summed E-state index contributed by atoms with van der Waals surface area (Å²) < 4.78 is 14.3. The lowest BCUT2D eigenvalue weighted by atomic mass is 10.1. The fourth-order valence-electron chi connectivity index (χ4n) is 3.56. The largest absolute Gasteiger partial charge is 0.339 e.